The van der Waals surface area contributed by atoms with Crippen molar-refractivity contribution in [3.63, 3.8) is 0 Å². The van der Waals surface area contributed by atoms with Crippen LogP contribution in [-0.4, -0.2) is 35.7 Å². The van der Waals surface area contributed by atoms with Crippen LogP contribution in [0.15, 0.2) is 24.3 Å². The molecule has 1 atom stereocenters. The number of hydrogen-bond acceptors (Lipinski definition) is 3. The van der Waals surface area contributed by atoms with Gasteiger partial charge in [-0.15, -0.1) is 0 Å². The predicted molar refractivity (Wildman–Crippen MR) is 74.7 cm³/mol. The van der Waals surface area contributed by atoms with Crippen molar-refractivity contribution in [2.24, 2.45) is 0 Å². The fourth-order valence-corrected chi connectivity index (χ4v) is 2.65. The minimum absolute atomic E-state index is 0.349. The van der Waals surface area contributed by atoms with Crippen LogP contribution in [0.25, 0.3) is 0 Å². The van der Waals surface area contributed by atoms with Crippen LogP contribution in [0.1, 0.15) is 31.7 Å². The van der Waals surface area contributed by atoms with Gasteiger partial charge >= 0.3 is 0 Å². The lowest BCUT2D eigenvalue weighted by Crippen LogP contribution is -2.44. The number of phenolic OH excluding ortho intramolecular Hbond substituents is 1. The summed E-state index contributed by atoms with van der Waals surface area (Å²) in [5.41, 5.74) is 1.29. The summed E-state index contributed by atoms with van der Waals surface area (Å²) >= 11 is 0. The number of likely N-dealkylation sites (N-methyl/N-ethyl adjacent to an activating group) is 1. The molecule has 1 aliphatic rings. The summed E-state index contributed by atoms with van der Waals surface area (Å²) in [5, 5.41) is 12.8. The molecule has 1 aliphatic heterocycles. The molecule has 0 bridgehead atoms. The summed E-state index contributed by atoms with van der Waals surface area (Å²) in [6, 6.07) is 8.26. The second-order valence-electron chi connectivity index (χ2n) is 5.09. The van der Waals surface area contributed by atoms with Crippen molar-refractivity contribution >= 4 is 0 Å². The molecule has 0 spiro atoms. The van der Waals surface area contributed by atoms with Crippen molar-refractivity contribution in [2.75, 3.05) is 19.6 Å². The summed E-state index contributed by atoms with van der Waals surface area (Å²) in [5.74, 6) is 0.349. The molecule has 0 amide bonds. The standard InChI is InChI=1S/C15H24N2O/c1-2-16-11-14-5-3-4-10-17(14)12-13-6-8-15(18)9-7-13/h6-9,14,16,18H,2-5,10-12H2,1H3. The van der Waals surface area contributed by atoms with Crippen LogP contribution < -0.4 is 5.32 Å². The third-order valence-corrected chi connectivity index (χ3v) is 3.70. The Morgan fingerprint density at radius 1 is 1.28 bits per heavy atom. The van der Waals surface area contributed by atoms with E-state index >= 15 is 0 Å². The van der Waals surface area contributed by atoms with E-state index in [1.54, 1.807) is 12.1 Å². The Morgan fingerprint density at radius 2 is 2.06 bits per heavy atom. The first-order valence-electron chi connectivity index (χ1n) is 7.02. The Hall–Kier alpha value is -1.06. The van der Waals surface area contributed by atoms with Gasteiger partial charge in [0.1, 0.15) is 5.75 Å². The highest BCUT2D eigenvalue weighted by Crippen LogP contribution is 2.20. The molecule has 0 aliphatic carbocycles. The fourth-order valence-electron chi connectivity index (χ4n) is 2.65. The van der Waals surface area contributed by atoms with E-state index in [2.05, 4.69) is 17.1 Å². The van der Waals surface area contributed by atoms with Crippen LogP contribution in [0, 0.1) is 0 Å². The van der Waals surface area contributed by atoms with E-state index in [0.29, 0.717) is 11.8 Å². The van der Waals surface area contributed by atoms with E-state index in [-0.39, 0.29) is 0 Å². The maximum atomic E-state index is 9.31. The van der Waals surface area contributed by atoms with E-state index in [9.17, 15) is 5.11 Å². The van der Waals surface area contributed by atoms with E-state index in [1.807, 2.05) is 12.1 Å². The minimum atomic E-state index is 0.349. The number of phenols is 1. The summed E-state index contributed by atoms with van der Waals surface area (Å²) in [6.45, 7) is 6.48. The highest BCUT2D eigenvalue weighted by Gasteiger charge is 2.21. The smallest absolute Gasteiger partial charge is 0.115 e. The molecule has 0 aromatic heterocycles. The molecule has 1 aromatic carbocycles. The van der Waals surface area contributed by atoms with Crippen LogP contribution in [-0.2, 0) is 6.54 Å². The molecule has 0 saturated carbocycles. The van der Waals surface area contributed by atoms with E-state index in [4.69, 9.17) is 0 Å². The topological polar surface area (TPSA) is 35.5 Å². The Labute approximate surface area is 110 Å². The van der Waals surface area contributed by atoms with Crippen molar-refractivity contribution in [2.45, 2.75) is 38.8 Å². The minimum Gasteiger partial charge on any atom is -0.508 e. The zero-order valence-electron chi connectivity index (χ0n) is 11.2. The van der Waals surface area contributed by atoms with Crippen LogP contribution in [0.2, 0.25) is 0 Å². The molecule has 1 heterocycles. The van der Waals surface area contributed by atoms with Gasteiger partial charge in [0.05, 0.1) is 0 Å². The first-order valence-corrected chi connectivity index (χ1v) is 7.02. The summed E-state index contributed by atoms with van der Waals surface area (Å²) < 4.78 is 0. The third kappa shape index (κ3) is 3.72. The van der Waals surface area contributed by atoms with Crippen LogP contribution >= 0.6 is 0 Å². The number of hydrogen-bond donors (Lipinski definition) is 2. The van der Waals surface area contributed by atoms with Gasteiger partial charge in [-0.25, -0.2) is 0 Å². The van der Waals surface area contributed by atoms with Gasteiger partial charge in [-0.05, 0) is 43.6 Å². The average Bonchev–Trinajstić information content (AvgIpc) is 2.40. The highest BCUT2D eigenvalue weighted by atomic mass is 16.3. The van der Waals surface area contributed by atoms with Crippen LogP contribution in [0.3, 0.4) is 0 Å². The van der Waals surface area contributed by atoms with Crippen molar-refractivity contribution in [1.82, 2.24) is 10.2 Å². The summed E-state index contributed by atoms with van der Waals surface area (Å²) in [6.07, 6.45) is 3.95. The molecule has 18 heavy (non-hydrogen) atoms. The molecular weight excluding hydrogens is 224 g/mol. The number of benzene rings is 1. The van der Waals surface area contributed by atoms with Gasteiger partial charge in [0, 0.05) is 19.1 Å². The van der Waals surface area contributed by atoms with Crippen molar-refractivity contribution in [1.29, 1.82) is 0 Å². The number of likely N-dealkylation sites (tertiary alicyclic amines) is 1. The van der Waals surface area contributed by atoms with Gasteiger partial charge < -0.3 is 10.4 Å². The Bertz CT molecular complexity index is 350. The third-order valence-electron chi connectivity index (χ3n) is 3.70. The first-order chi connectivity index (χ1) is 8.79. The highest BCUT2D eigenvalue weighted by molar-refractivity contribution is 5.25. The largest absolute Gasteiger partial charge is 0.508 e. The molecule has 3 heteroatoms. The molecule has 0 radical (unpaired) electrons. The lowest BCUT2D eigenvalue weighted by atomic mass is 10.0. The SMILES string of the molecule is CCNCC1CCCCN1Cc1ccc(O)cc1. The monoisotopic (exact) mass is 248 g/mol. The van der Waals surface area contributed by atoms with Crippen LogP contribution in [0.4, 0.5) is 0 Å². The summed E-state index contributed by atoms with van der Waals surface area (Å²) in [4.78, 5) is 2.57. The van der Waals surface area contributed by atoms with Gasteiger partial charge in [0.15, 0.2) is 0 Å². The maximum absolute atomic E-state index is 9.31. The van der Waals surface area contributed by atoms with Crippen molar-refractivity contribution in [3.05, 3.63) is 29.8 Å². The molecule has 3 nitrogen and oxygen atoms in total. The van der Waals surface area contributed by atoms with Gasteiger partial charge in [0.2, 0.25) is 0 Å². The predicted octanol–water partition coefficient (Wildman–Crippen LogP) is 2.36. The molecule has 1 saturated heterocycles. The number of aromatic hydroxyl groups is 1. The molecule has 100 valence electrons. The Kier molecular flexibility index (Phi) is 5.02. The average molecular weight is 248 g/mol. The molecule has 1 unspecified atom stereocenters. The quantitative estimate of drug-likeness (QED) is 0.839. The number of nitrogens with one attached hydrogen (secondary N) is 1. The van der Waals surface area contributed by atoms with E-state index < -0.39 is 0 Å². The van der Waals surface area contributed by atoms with Crippen molar-refractivity contribution < 1.29 is 5.11 Å². The Morgan fingerprint density at radius 3 is 2.78 bits per heavy atom. The maximum Gasteiger partial charge on any atom is 0.115 e. The van der Waals surface area contributed by atoms with Gasteiger partial charge in [0.25, 0.3) is 0 Å². The lowest BCUT2D eigenvalue weighted by molar-refractivity contribution is 0.138. The number of nitrogens with zero attached hydrogens (tertiary/aromatic N) is 1. The van der Waals surface area contributed by atoms with Gasteiger partial charge in [-0.3, -0.25) is 4.90 Å². The molecule has 1 aromatic rings. The van der Waals surface area contributed by atoms with Crippen LogP contribution in [0.5, 0.6) is 5.75 Å². The van der Waals surface area contributed by atoms with Gasteiger partial charge in [-0.1, -0.05) is 25.5 Å². The molecule has 2 N–H and O–H groups in total. The zero-order chi connectivity index (χ0) is 12.8. The van der Waals surface area contributed by atoms with Crippen molar-refractivity contribution in [3.8, 4) is 5.75 Å². The first kappa shape index (κ1) is 13.4. The second-order valence-corrected chi connectivity index (χ2v) is 5.09. The fraction of sp³-hybridized carbons (Fsp3) is 0.600. The summed E-state index contributed by atoms with van der Waals surface area (Å²) in [7, 11) is 0. The molecular formula is C15H24N2O. The lowest BCUT2D eigenvalue weighted by Gasteiger charge is -2.36. The van der Waals surface area contributed by atoms with E-state index in [0.717, 1.165) is 19.6 Å². The normalized spacial score (nSPS) is 21.1. The molecule has 1 fully saturated rings. The van der Waals surface area contributed by atoms with E-state index in [1.165, 1.54) is 31.4 Å². The zero-order valence-corrected chi connectivity index (χ0v) is 11.2. The second kappa shape index (κ2) is 6.76. The number of rotatable bonds is 5. The number of piperidine rings is 1. The molecule has 2 rings (SSSR count). The van der Waals surface area contributed by atoms with Gasteiger partial charge in [-0.2, -0.15) is 0 Å². The Balaban J connectivity index is 1.94.